The first kappa shape index (κ1) is 14.4. The van der Waals surface area contributed by atoms with Gasteiger partial charge in [-0.1, -0.05) is 34.6 Å². The number of hydrogen-bond acceptors (Lipinski definition) is 5. The Bertz CT molecular complexity index is 590. The largest absolute Gasteiger partial charge is 0.358 e. The minimum absolute atomic E-state index is 0.0732. The van der Waals surface area contributed by atoms with Crippen LogP contribution in [0.15, 0.2) is 9.95 Å². The van der Waals surface area contributed by atoms with Gasteiger partial charge in [-0.25, -0.2) is 0 Å². The van der Waals surface area contributed by atoms with Crippen LogP contribution in [0.25, 0.3) is 0 Å². The van der Waals surface area contributed by atoms with Gasteiger partial charge in [-0.3, -0.25) is 9.69 Å². The van der Waals surface area contributed by atoms with Gasteiger partial charge in [0.15, 0.2) is 5.16 Å². The summed E-state index contributed by atoms with van der Waals surface area (Å²) in [5, 5.41) is 5.15. The van der Waals surface area contributed by atoms with Gasteiger partial charge in [0.2, 0.25) is 0 Å². The summed E-state index contributed by atoms with van der Waals surface area (Å²) in [5.74, 6) is 0.976. The summed E-state index contributed by atoms with van der Waals surface area (Å²) >= 11 is 5.26. The van der Waals surface area contributed by atoms with Crippen molar-refractivity contribution in [3.8, 4) is 0 Å². The number of aromatic nitrogens is 2. The Morgan fingerprint density at radius 2 is 2.35 bits per heavy atom. The molecule has 5 nitrogen and oxygen atoms in total. The summed E-state index contributed by atoms with van der Waals surface area (Å²) in [6.45, 7) is 7.75. The highest BCUT2D eigenvalue weighted by Crippen LogP contribution is 2.42. The molecule has 110 valence electrons. The summed E-state index contributed by atoms with van der Waals surface area (Å²) in [7, 11) is 0. The van der Waals surface area contributed by atoms with E-state index in [0.29, 0.717) is 6.54 Å². The van der Waals surface area contributed by atoms with E-state index < -0.39 is 0 Å². The molecular weight excluding hydrogens is 340 g/mol. The molecule has 20 heavy (non-hydrogen) atoms. The van der Waals surface area contributed by atoms with Crippen LogP contribution in [0, 0.1) is 0 Å². The van der Waals surface area contributed by atoms with Crippen molar-refractivity contribution in [3.05, 3.63) is 15.9 Å². The van der Waals surface area contributed by atoms with Crippen LogP contribution in [-0.4, -0.2) is 37.7 Å². The number of rotatable bonds is 3. The van der Waals surface area contributed by atoms with E-state index in [1.807, 2.05) is 0 Å². The molecule has 2 aliphatic heterocycles. The highest BCUT2D eigenvalue weighted by Gasteiger charge is 2.37. The van der Waals surface area contributed by atoms with Gasteiger partial charge in [0, 0.05) is 23.2 Å². The SMILES string of the molecule is CCCN1CNc2c(c(=O)nc3n2CC(C)(CBr)S3)C1. The second-order valence-corrected chi connectivity index (χ2v) is 7.80. The number of hydrogen-bond donors (Lipinski definition) is 1. The quantitative estimate of drug-likeness (QED) is 0.662. The van der Waals surface area contributed by atoms with E-state index in [2.05, 4.69) is 49.5 Å². The molecule has 1 aromatic rings. The highest BCUT2D eigenvalue weighted by atomic mass is 79.9. The van der Waals surface area contributed by atoms with Crippen LogP contribution in [0.3, 0.4) is 0 Å². The Kier molecular flexibility index (Phi) is 3.85. The van der Waals surface area contributed by atoms with E-state index in [0.717, 1.165) is 48.0 Å². The van der Waals surface area contributed by atoms with E-state index in [1.54, 1.807) is 11.8 Å². The second kappa shape index (κ2) is 5.35. The minimum Gasteiger partial charge on any atom is -0.358 e. The predicted octanol–water partition coefficient (Wildman–Crippen LogP) is 2.10. The van der Waals surface area contributed by atoms with Crippen molar-refractivity contribution in [1.82, 2.24) is 14.5 Å². The van der Waals surface area contributed by atoms with Crippen molar-refractivity contribution in [3.63, 3.8) is 0 Å². The van der Waals surface area contributed by atoms with Gasteiger partial charge in [0.05, 0.1) is 12.2 Å². The zero-order chi connectivity index (χ0) is 14.3. The minimum atomic E-state index is -0.0779. The molecule has 1 atom stereocenters. The third-order valence-corrected chi connectivity index (χ3v) is 6.62. The van der Waals surface area contributed by atoms with Gasteiger partial charge in [0.25, 0.3) is 5.56 Å². The third-order valence-electron chi connectivity index (χ3n) is 3.75. The van der Waals surface area contributed by atoms with Crippen molar-refractivity contribution in [2.24, 2.45) is 0 Å². The highest BCUT2D eigenvalue weighted by molar-refractivity contribution is 9.09. The normalized spacial score (nSPS) is 25.1. The number of alkyl halides is 1. The second-order valence-electron chi connectivity index (χ2n) is 5.69. The number of thioether (sulfide) groups is 1. The Labute approximate surface area is 131 Å². The summed E-state index contributed by atoms with van der Waals surface area (Å²) in [6.07, 6.45) is 1.09. The Morgan fingerprint density at radius 1 is 1.55 bits per heavy atom. The monoisotopic (exact) mass is 358 g/mol. The maximum atomic E-state index is 12.3. The summed E-state index contributed by atoms with van der Waals surface area (Å²) in [5.41, 5.74) is 0.735. The molecule has 7 heteroatoms. The van der Waals surface area contributed by atoms with Gasteiger partial charge >= 0.3 is 0 Å². The van der Waals surface area contributed by atoms with Crippen LogP contribution in [0.4, 0.5) is 5.82 Å². The molecule has 0 fully saturated rings. The van der Waals surface area contributed by atoms with Gasteiger partial charge in [-0.2, -0.15) is 4.98 Å². The van der Waals surface area contributed by atoms with Crippen LogP contribution in [0.1, 0.15) is 25.8 Å². The lowest BCUT2D eigenvalue weighted by molar-refractivity contribution is 0.271. The first-order chi connectivity index (χ1) is 9.56. The molecule has 0 radical (unpaired) electrons. The van der Waals surface area contributed by atoms with Crippen molar-refractivity contribution in [2.45, 2.75) is 43.3 Å². The molecule has 0 aromatic carbocycles. The molecule has 1 aromatic heterocycles. The summed E-state index contributed by atoms with van der Waals surface area (Å²) in [4.78, 5) is 18.8. The molecule has 1 unspecified atom stereocenters. The molecule has 1 N–H and O–H groups in total. The van der Waals surface area contributed by atoms with Crippen molar-refractivity contribution in [1.29, 1.82) is 0 Å². The Morgan fingerprint density at radius 3 is 3.05 bits per heavy atom. The molecule has 0 bridgehead atoms. The fourth-order valence-electron chi connectivity index (χ4n) is 2.74. The van der Waals surface area contributed by atoms with E-state index >= 15 is 0 Å². The number of nitrogens with zero attached hydrogens (tertiary/aromatic N) is 3. The number of nitrogens with one attached hydrogen (secondary N) is 1. The zero-order valence-corrected chi connectivity index (χ0v) is 14.2. The molecular formula is C13H19BrN4OS. The number of fused-ring (bicyclic) bond motifs is 3. The Balaban J connectivity index is 1.99. The van der Waals surface area contributed by atoms with Crippen molar-refractivity contribution < 1.29 is 0 Å². The fraction of sp³-hybridized carbons (Fsp3) is 0.692. The van der Waals surface area contributed by atoms with Gasteiger partial charge < -0.3 is 9.88 Å². The molecule has 0 aliphatic carbocycles. The molecule has 0 amide bonds. The summed E-state index contributed by atoms with van der Waals surface area (Å²) < 4.78 is 2.25. The topological polar surface area (TPSA) is 50.2 Å². The molecule has 0 spiro atoms. The first-order valence-electron chi connectivity index (χ1n) is 6.91. The van der Waals surface area contributed by atoms with Crippen LogP contribution in [0.5, 0.6) is 0 Å². The molecule has 3 heterocycles. The molecule has 0 saturated heterocycles. The van der Waals surface area contributed by atoms with Gasteiger partial charge in [-0.05, 0) is 19.9 Å². The van der Waals surface area contributed by atoms with Gasteiger partial charge in [-0.15, -0.1) is 0 Å². The molecule has 3 rings (SSSR count). The van der Waals surface area contributed by atoms with Crippen molar-refractivity contribution >= 4 is 33.5 Å². The first-order valence-corrected chi connectivity index (χ1v) is 8.85. The fourth-order valence-corrected chi connectivity index (χ4v) is 4.35. The van der Waals surface area contributed by atoms with Crippen LogP contribution < -0.4 is 10.9 Å². The standard InChI is InChI=1S/C13H19BrN4OS/c1-3-4-17-5-9-10(15-8-17)18-7-13(2,6-14)20-12(18)16-11(9)19/h15H,3-8H2,1-2H3. The predicted molar refractivity (Wildman–Crippen MR) is 85.7 cm³/mol. The van der Waals surface area contributed by atoms with E-state index in [1.165, 1.54) is 0 Å². The lowest BCUT2D eigenvalue weighted by atomic mass is 10.2. The van der Waals surface area contributed by atoms with Crippen LogP contribution >= 0.6 is 27.7 Å². The van der Waals surface area contributed by atoms with Crippen LogP contribution in [0.2, 0.25) is 0 Å². The lowest BCUT2D eigenvalue weighted by Gasteiger charge is -2.30. The molecule has 2 aliphatic rings. The van der Waals surface area contributed by atoms with E-state index in [4.69, 9.17) is 0 Å². The van der Waals surface area contributed by atoms with E-state index in [-0.39, 0.29) is 10.3 Å². The lowest BCUT2D eigenvalue weighted by Crippen LogP contribution is -2.39. The smallest absolute Gasteiger partial charge is 0.280 e. The summed E-state index contributed by atoms with van der Waals surface area (Å²) in [6, 6.07) is 0. The van der Waals surface area contributed by atoms with Crippen LogP contribution in [-0.2, 0) is 13.1 Å². The average Bonchev–Trinajstić information content (AvgIpc) is 2.77. The van der Waals surface area contributed by atoms with E-state index in [9.17, 15) is 4.79 Å². The maximum Gasteiger partial charge on any atom is 0.280 e. The third kappa shape index (κ3) is 2.40. The Hall–Kier alpha value is -0.530. The number of anilines is 1. The van der Waals surface area contributed by atoms with Gasteiger partial charge in [0.1, 0.15) is 5.82 Å². The average molecular weight is 359 g/mol. The molecule has 0 saturated carbocycles. The maximum absolute atomic E-state index is 12.3. The zero-order valence-electron chi connectivity index (χ0n) is 11.8. The van der Waals surface area contributed by atoms with Crippen molar-refractivity contribution in [2.75, 3.05) is 23.9 Å². The number of halogens is 1.